The largest absolute Gasteiger partial charge is 0.360 e. The normalized spacial score (nSPS) is 33.8. The number of likely N-dealkylation sites (N-methyl/N-ethyl adjacent to an activating group) is 1. The second-order valence-electron chi connectivity index (χ2n) is 5.76. The van der Waals surface area contributed by atoms with Crippen molar-refractivity contribution in [1.29, 1.82) is 0 Å². The van der Waals surface area contributed by atoms with E-state index in [2.05, 4.69) is 0 Å². The standard InChI is InChI=1S/C16H22N2O5/c1-18(20-2)15(19)12-8-11(17)14-13(22-12)9-21-16(23-14)10-6-4-3-5-7-10/h3-7,11-14,16H,8-9,17H2,1-2H3. The van der Waals surface area contributed by atoms with Gasteiger partial charge in [-0.2, -0.15) is 0 Å². The van der Waals surface area contributed by atoms with Gasteiger partial charge in [-0.05, 0) is 0 Å². The van der Waals surface area contributed by atoms with Crippen molar-refractivity contribution in [2.45, 2.75) is 37.1 Å². The topological polar surface area (TPSA) is 83.3 Å². The molecule has 2 N–H and O–H groups in total. The molecule has 7 heteroatoms. The zero-order valence-electron chi connectivity index (χ0n) is 13.3. The summed E-state index contributed by atoms with van der Waals surface area (Å²) in [5.41, 5.74) is 7.17. The van der Waals surface area contributed by atoms with E-state index in [1.165, 1.54) is 7.11 Å². The number of hydroxylamine groups is 2. The Kier molecular flexibility index (Phi) is 4.93. The molecule has 2 heterocycles. The maximum atomic E-state index is 12.2. The molecule has 0 aliphatic carbocycles. The van der Waals surface area contributed by atoms with E-state index in [1.54, 1.807) is 7.05 Å². The molecule has 2 fully saturated rings. The number of carbonyl (C=O) groups excluding carboxylic acids is 1. The highest BCUT2D eigenvalue weighted by atomic mass is 16.7. The molecule has 5 atom stereocenters. The Balaban J connectivity index is 1.67. The maximum absolute atomic E-state index is 12.2. The number of carbonyl (C=O) groups is 1. The number of rotatable bonds is 3. The molecular weight excluding hydrogens is 300 g/mol. The van der Waals surface area contributed by atoms with E-state index in [1.807, 2.05) is 30.3 Å². The SMILES string of the molecule is CON(C)C(=O)C1CC(N)C2OC(c3ccccc3)OCC2O1. The van der Waals surface area contributed by atoms with E-state index in [0.717, 1.165) is 10.6 Å². The van der Waals surface area contributed by atoms with Crippen LogP contribution in [0.15, 0.2) is 30.3 Å². The Labute approximate surface area is 135 Å². The molecule has 0 spiro atoms. The van der Waals surface area contributed by atoms with Crippen LogP contribution in [-0.2, 0) is 23.8 Å². The summed E-state index contributed by atoms with van der Waals surface area (Å²) in [6.07, 6.45) is -1.38. The van der Waals surface area contributed by atoms with Gasteiger partial charge in [-0.15, -0.1) is 0 Å². The highest BCUT2D eigenvalue weighted by molar-refractivity contribution is 5.80. The van der Waals surface area contributed by atoms with Gasteiger partial charge in [0, 0.05) is 25.1 Å². The maximum Gasteiger partial charge on any atom is 0.275 e. The summed E-state index contributed by atoms with van der Waals surface area (Å²) in [6.45, 7) is 0.332. The van der Waals surface area contributed by atoms with Crippen molar-refractivity contribution in [3.05, 3.63) is 35.9 Å². The lowest BCUT2D eigenvalue weighted by atomic mass is 9.94. The van der Waals surface area contributed by atoms with Gasteiger partial charge in [0.2, 0.25) is 0 Å². The molecule has 2 aliphatic rings. The van der Waals surface area contributed by atoms with Gasteiger partial charge in [0.05, 0.1) is 13.7 Å². The predicted molar refractivity (Wildman–Crippen MR) is 81.0 cm³/mol. The first-order valence-electron chi connectivity index (χ1n) is 7.65. The van der Waals surface area contributed by atoms with Crippen molar-refractivity contribution >= 4 is 5.91 Å². The number of amides is 1. The van der Waals surface area contributed by atoms with Crippen molar-refractivity contribution in [3.8, 4) is 0 Å². The molecule has 5 unspecified atom stereocenters. The third kappa shape index (κ3) is 3.39. The molecule has 0 aromatic heterocycles. The average molecular weight is 322 g/mol. The van der Waals surface area contributed by atoms with Crippen molar-refractivity contribution in [3.63, 3.8) is 0 Å². The molecule has 0 bridgehead atoms. The predicted octanol–water partition coefficient (Wildman–Crippen LogP) is 0.605. The quantitative estimate of drug-likeness (QED) is 0.821. The van der Waals surface area contributed by atoms with Crippen LogP contribution in [0.25, 0.3) is 0 Å². The van der Waals surface area contributed by atoms with E-state index in [-0.39, 0.29) is 24.2 Å². The molecule has 3 rings (SSSR count). The molecule has 1 amide bonds. The summed E-state index contributed by atoms with van der Waals surface area (Å²) in [5.74, 6) is -0.258. The minimum absolute atomic E-state index is 0.258. The number of fused-ring (bicyclic) bond motifs is 1. The number of nitrogens with zero attached hydrogens (tertiary/aromatic N) is 1. The third-order valence-corrected chi connectivity index (χ3v) is 4.24. The second-order valence-corrected chi connectivity index (χ2v) is 5.76. The minimum atomic E-state index is -0.642. The van der Waals surface area contributed by atoms with Crippen LogP contribution in [0.2, 0.25) is 0 Å². The molecule has 126 valence electrons. The van der Waals surface area contributed by atoms with E-state index in [4.69, 9.17) is 24.8 Å². The zero-order chi connectivity index (χ0) is 16.4. The molecular formula is C16H22N2O5. The summed E-state index contributed by atoms with van der Waals surface area (Å²) in [7, 11) is 2.98. The van der Waals surface area contributed by atoms with Crippen molar-refractivity contribution < 1.29 is 23.8 Å². The molecule has 0 radical (unpaired) electrons. The summed E-state index contributed by atoms with van der Waals surface area (Å²) < 4.78 is 17.5. The number of ether oxygens (including phenoxy) is 3. The summed E-state index contributed by atoms with van der Waals surface area (Å²) in [5, 5.41) is 1.15. The van der Waals surface area contributed by atoms with Crippen LogP contribution in [0, 0.1) is 0 Å². The lowest BCUT2D eigenvalue weighted by Gasteiger charge is -2.44. The fourth-order valence-electron chi connectivity index (χ4n) is 2.92. The molecule has 2 aliphatic heterocycles. The Morgan fingerprint density at radius 2 is 2.04 bits per heavy atom. The van der Waals surface area contributed by atoms with Gasteiger partial charge in [0.1, 0.15) is 18.3 Å². The van der Waals surface area contributed by atoms with E-state index >= 15 is 0 Å². The average Bonchev–Trinajstić information content (AvgIpc) is 2.60. The van der Waals surface area contributed by atoms with Crippen LogP contribution >= 0.6 is 0 Å². The van der Waals surface area contributed by atoms with Crippen molar-refractivity contribution in [2.75, 3.05) is 20.8 Å². The van der Waals surface area contributed by atoms with Crippen LogP contribution in [0.3, 0.4) is 0 Å². The lowest BCUT2D eigenvalue weighted by molar-refractivity contribution is -0.292. The fourth-order valence-corrected chi connectivity index (χ4v) is 2.92. The zero-order valence-corrected chi connectivity index (χ0v) is 13.3. The number of hydrogen-bond acceptors (Lipinski definition) is 6. The highest BCUT2D eigenvalue weighted by Crippen LogP contribution is 2.33. The number of nitrogens with two attached hydrogens (primary N) is 1. The first kappa shape index (κ1) is 16.4. The number of hydrogen-bond donors (Lipinski definition) is 1. The molecule has 2 saturated heterocycles. The third-order valence-electron chi connectivity index (χ3n) is 4.24. The van der Waals surface area contributed by atoms with Gasteiger partial charge in [-0.1, -0.05) is 30.3 Å². The van der Waals surface area contributed by atoms with E-state index < -0.39 is 12.4 Å². The fraction of sp³-hybridized carbons (Fsp3) is 0.562. The Morgan fingerprint density at radius 1 is 1.30 bits per heavy atom. The van der Waals surface area contributed by atoms with Crippen molar-refractivity contribution in [1.82, 2.24) is 5.06 Å². The monoisotopic (exact) mass is 322 g/mol. The van der Waals surface area contributed by atoms with Gasteiger partial charge in [0.15, 0.2) is 6.29 Å². The molecule has 0 saturated carbocycles. The Hall–Kier alpha value is -1.51. The van der Waals surface area contributed by atoms with Crippen LogP contribution < -0.4 is 5.73 Å². The van der Waals surface area contributed by atoms with Crippen LogP contribution in [-0.4, -0.2) is 56.1 Å². The van der Waals surface area contributed by atoms with Crippen LogP contribution in [0.5, 0.6) is 0 Å². The summed E-state index contributed by atoms with van der Waals surface area (Å²) in [4.78, 5) is 17.1. The van der Waals surface area contributed by atoms with Gasteiger partial charge in [-0.3, -0.25) is 9.63 Å². The van der Waals surface area contributed by atoms with Gasteiger partial charge >= 0.3 is 0 Å². The lowest BCUT2D eigenvalue weighted by Crippen LogP contribution is -2.60. The molecule has 23 heavy (non-hydrogen) atoms. The van der Waals surface area contributed by atoms with Crippen LogP contribution in [0.4, 0.5) is 0 Å². The van der Waals surface area contributed by atoms with Crippen LogP contribution in [0.1, 0.15) is 18.3 Å². The minimum Gasteiger partial charge on any atom is -0.360 e. The Morgan fingerprint density at radius 3 is 2.74 bits per heavy atom. The number of benzene rings is 1. The first-order chi connectivity index (χ1) is 11.1. The highest BCUT2D eigenvalue weighted by Gasteiger charge is 2.45. The van der Waals surface area contributed by atoms with Crippen molar-refractivity contribution in [2.24, 2.45) is 5.73 Å². The molecule has 1 aromatic rings. The summed E-state index contributed by atoms with van der Waals surface area (Å²) >= 11 is 0. The second kappa shape index (κ2) is 6.94. The first-order valence-corrected chi connectivity index (χ1v) is 7.65. The molecule has 1 aromatic carbocycles. The van der Waals surface area contributed by atoms with Gasteiger partial charge in [-0.25, -0.2) is 5.06 Å². The van der Waals surface area contributed by atoms with Gasteiger partial charge < -0.3 is 19.9 Å². The molecule has 7 nitrogen and oxygen atoms in total. The smallest absolute Gasteiger partial charge is 0.275 e. The van der Waals surface area contributed by atoms with E-state index in [0.29, 0.717) is 13.0 Å². The Bertz CT molecular complexity index is 541. The van der Waals surface area contributed by atoms with E-state index in [9.17, 15) is 4.79 Å². The summed E-state index contributed by atoms with van der Waals surface area (Å²) in [6, 6.07) is 9.39. The van der Waals surface area contributed by atoms with Gasteiger partial charge in [0.25, 0.3) is 5.91 Å².